The number of benzene rings is 2. The van der Waals surface area contributed by atoms with Crippen molar-refractivity contribution in [2.45, 2.75) is 43.7 Å². The number of hydrogen-bond donors (Lipinski definition) is 6. The van der Waals surface area contributed by atoms with E-state index < -0.39 is 60.4 Å². The summed E-state index contributed by atoms with van der Waals surface area (Å²) in [5, 5.41) is 59.0. The van der Waals surface area contributed by atoms with Crippen molar-refractivity contribution >= 4 is 30.1 Å². The minimum absolute atomic E-state index is 0.0139. The molecule has 6 N–H and O–H groups in total. The molecule has 2 aromatic rings. The number of aliphatic hydroxyl groups is 2. The number of carboxylic acids is 1. The molecule has 1 aliphatic carbocycles. The lowest BCUT2D eigenvalue weighted by atomic mass is 9.79. The van der Waals surface area contributed by atoms with Crippen molar-refractivity contribution < 1.29 is 54.5 Å². The Balaban J connectivity index is 1.75. The van der Waals surface area contributed by atoms with Crippen molar-refractivity contribution in [2.75, 3.05) is 0 Å². The SMILES string of the molecule is Cc1ccc(/C=C/C(=O)O[C@@H]2C[C@](O)(C(=O)O)C[C@@H](O)[C@H]2OC(=O)/C=C/c2ccc(O)c(O)c2)cc1O. The molecule has 0 amide bonds. The third-order valence-electron chi connectivity index (χ3n) is 5.81. The highest BCUT2D eigenvalue weighted by molar-refractivity contribution is 5.88. The van der Waals surface area contributed by atoms with E-state index in [-0.39, 0.29) is 11.5 Å². The molecule has 1 fully saturated rings. The number of carbonyl (C=O) groups excluding carboxylic acids is 2. The van der Waals surface area contributed by atoms with E-state index in [9.17, 15) is 45.0 Å². The molecule has 2 aromatic carbocycles. The van der Waals surface area contributed by atoms with Gasteiger partial charge < -0.3 is 40.1 Å². The molecule has 196 valence electrons. The fraction of sp³-hybridized carbons (Fsp3) is 0.269. The molecule has 1 aliphatic rings. The molecule has 37 heavy (non-hydrogen) atoms. The van der Waals surface area contributed by atoms with E-state index in [4.69, 9.17) is 9.47 Å². The van der Waals surface area contributed by atoms with E-state index in [1.165, 1.54) is 36.4 Å². The number of aliphatic hydroxyl groups excluding tert-OH is 1. The van der Waals surface area contributed by atoms with Crippen LogP contribution in [0, 0.1) is 6.92 Å². The molecular formula is C26H26O11. The third kappa shape index (κ3) is 6.87. The Bertz CT molecular complexity index is 1250. The second-order valence-corrected chi connectivity index (χ2v) is 8.65. The van der Waals surface area contributed by atoms with Gasteiger partial charge >= 0.3 is 17.9 Å². The topological polar surface area (TPSA) is 191 Å². The first kappa shape index (κ1) is 27.2. The van der Waals surface area contributed by atoms with E-state index in [1.54, 1.807) is 19.1 Å². The molecule has 3 rings (SSSR count). The zero-order chi connectivity index (χ0) is 27.3. The number of carboxylic acid groups (broad SMARTS) is 1. The van der Waals surface area contributed by atoms with Gasteiger partial charge in [-0.2, -0.15) is 0 Å². The van der Waals surface area contributed by atoms with Crippen molar-refractivity contribution in [3.8, 4) is 17.2 Å². The van der Waals surface area contributed by atoms with Gasteiger partial charge in [0.1, 0.15) is 11.9 Å². The Kier molecular flexibility index (Phi) is 8.21. The summed E-state index contributed by atoms with van der Waals surface area (Å²) in [6.07, 6.45) is -1.47. The lowest BCUT2D eigenvalue weighted by Crippen LogP contribution is -2.58. The monoisotopic (exact) mass is 514 g/mol. The summed E-state index contributed by atoms with van der Waals surface area (Å²) in [5.41, 5.74) is -0.991. The van der Waals surface area contributed by atoms with Crippen LogP contribution in [-0.2, 0) is 23.9 Å². The van der Waals surface area contributed by atoms with Crippen LogP contribution >= 0.6 is 0 Å². The number of hydrogen-bond acceptors (Lipinski definition) is 10. The van der Waals surface area contributed by atoms with Gasteiger partial charge in [-0.05, 0) is 54.0 Å². The molecule has 11 heteroatoms. The molecule has 0 aromatic heterocycles. The van der Waals surface area contributed by atoms with Crippen molar-refractivity contribution in [1.29, 1.82) is 0 Å². The molecule has 0 spiro atoms. The number of aryl methyl sites for hydroxylation is 1. The van der Waals surface area contributed by atoms with Crippen molar-refractivity contribution in [2.24, 2.45) is 0 Å². The van der Waals surface area contributed by atoms with Crippen LogP contribution in [0.4, 0.5) is 0 Å². The molecular weight excluding hydrogens is 488 g/mol. The first-order valence-electron chi connectivity index (χ1n) is 11.1. The van der Waals surface area contributed by atoms with Gasteiger partial charge in [0.15, 0.2) is 23.2 Å². The van der Waals surface area contributed by atoms with Crippen LogP contribution in [0.15, 0.2) is 48.6 Å². The van der Waals surface area contributed by atoms with Gasteiger partial charge in [-0.25, -0.2) is 14.4 Å². The highest BCUT2D eigenvalue weighted by Crippen LogP contribution is 2.33. The minimum Gasteiger partial charge on any atom is -0.508 e. The van der Waals surface area contributed by atoms with Gasteiger partial charge in [0, 0.05) is 25.0 Å². The van der Waals surface area contributed by atoms with E-state index >= 15 is 0 Å². The summed E-state index contributed by atoms with van der Waals surface area (Å²) < 4.78 is 10.5. The van der Waals surface area contributed by atoms with E-state index in [0.29, 0.717) is 16.7 Å². The third-order valence-corrected chi connectivity index (χ3v) is 5.81. The standard InChI is InChI=1S/C26H26O11/c1-14-2-3-15(10-18(14)28)5-8-22(31)36-21-13-26(35,25(33)34)12-20(30)24(21)37-23(32)9-6-16-4-7-17(27)19(29)11-16/h2-11,20-21,24,27-30,35H,12-13H2,1H3,(H,33,34)/b8-5+,9-6+/t20-,21-,24-,26+/m1/s1. The van der Waals surface area contributed by atoms with Gasteiger partial charge in [0.05, 0.1) is 6.10 Å². The summed E-state index contributed by atoms with van der Waals surface area (Å²) in [6.45, 7) is 1.69. The maximum absolute atomic E-state index is 12.4. The average Bonchev–Trinajstić information content (AvgIpc) is 2.82. The number of ether oxygens (including phenoxy) is 2. The van der Waals surface area contributed by atoms with Crippen LogP contribution in [0.2, 0.25) is 0 Å². The molecule has 1 saturated carbocycles. The zero-order valence-corrected chi connectivity index (χ0v) is 19.6. The molecule has 11 nitrogen and oxygen atoms in total. The van der Waals surface area contributed by atoms with Crippen molar-refractivity contribution in [1.82, 2.24) is 0 Å². The van der Waals surface area contributed by atoms with Gasteiger partial charge in [-0.15, -0.1) is 0 Å². The number of rotatable bonds is 7. The number of aliphatic carboxylic acids is 1. The number of esters is 2. The van der Waals surface area contributed by atoms with Crippen molar-refractivity contribution in [3.05, 3.63) is 65.2 Å². The highest BCUT2D eigenvalue weighted by atomic mass is 16.6. The maximum atomic E-state index is 12.4. The Hall–Kier alpha value is -4.35. The Morgan fingerprint density at radius 1 is 0.865 bits per heavy atom. The largest absolute Gasteiger partial charge is 0.508 e. The summed E-state index contributed by atoms with van der Waals surface area (Å²) in [6, 6.07) is 8.49. The second kappa shape index (κ2) is 11.1. The quantitative estimate of drug-likeness (QED) is 0.179. The molecule has 0 bridgehead atoms. The first-order valence-corrected chi connectivity index (χ1v) is 11.1. The lowest BCUT2D eigenvalue weighted by Gasteiger charge is -2.40. The molecule has 0 saturated heterocycles. The Labute approximate surface area is 211 Å². The van der Waals surface area contributed by atoms with E-state index in [0.717, 1.165) is 12.2 Å². The molecule has 0 unspecified atom stereocenters. The van der Waals surface area contributed by atoms with E-state index in [2.05, 4.69) is 0 Å². The van der Waals surface area contributed by atoms with Gasteiger partial charge in [0.2, 0.25) is 0 Å². The number of phenols is 3. The summed E-state index contributed by atoms with van der Waals surface area (Å²) in [7, 11) is 0. The minimum atomic E-state index is -2.43. The van der Waals surface area contributed by atoms with Crippen LogP contribution in [0.3, 0.4) is 0 Å². The van der Waals surface area contributed by atoms with Crippen LogP contribution in [0.1, 0.15) is 29.5 Å². The second-order valence-electron chi connectivity index (χ2n) is 8.65. The van der Waals surface area contributed by atoms with Gasteiger partial charge in [-0.1, -0.05) is 18.2 Å². The predicted octanol–water partition coefficient (Wildman–Crippen LogP) is 1.63. The predicted molar refractivity (Wildman–Crippen MR) is 128 cm³/mol. The Morgan fingerprint density at radius 2 is 1.43 bits per heavy atom. The van der Waals surface area contributed by atoms with Gasteiger partial charge in [0.25, 0.3) is 0 Å². The maximum Gasteiger partial charge on any atom is 0.335 e. The summed E-state index contributed by atoms with van der Waals surface area (Å²) in [4.78, 5) is 36.4. The van der Waals surface area contributed by atoms with Crippen LogP contribution < -0.4 is 0 Å². The molecule has 0 aliphatic heterocycles. The first-order chi connectivity index (χ1) is 17.4. The fourth-order valence-electron chi connectivity index (χ4n) is 3.74. The van der Waals surface area contributed by atoms with Gasteiger partial charge in [-0.3, -0.25) is 0 Å². The Morgan fingerprint density at radius 3 is 2.00 bits per heavy atom. The smallest absolute Gasteiger partial charge is 0.335 e. The fourth-order valence-corrected chi connectivity index (χ4v) is 3.74. The lowest BCUT2D eigenvalue weighted by molar-refractivity contribution is -0.204. The summed E-state index contributed by atoms with van der Waals surface area (Å²) >= 11 is 0. The summed E-state index contributed by atoms with van der Waals surface area (Å²) in [5.74, 6) is -4.34. The van der Waals surface area contributed by atoms with Crippen LogP contribution in [0.25, 0.3) is 12.2 Å². The average molecular weight is 514 g/mol. The van der Waals surface area contributed by atoms with Crippen LogP contribution in [-0.4, -0.2) is 72.5 Å². The van der Waals surface area contributed by atoms with Crippen LogP contribution in [0.5, 0.6) is 17.2 Å². The zero-order valence-electron chi connectivity index (χ0n) is 19.6. The number of carbonyl (C=O) groups is 3. The van der Waals surface area contributed by atoms with E-state index in [1.807, 2.05) is 0 Å². The number of phenolic OH excluding ortho intramolecular Hbond substituents is 3. The van der Waals surface area contributed by atoms with Crippen molar-refractivity contribution in [3.63, 3.8) is 0 Å². The normalized spacial score (nSPS) is 23.7. The number of aromatic hydroxyl groups is 3. The highest BCUT2D eigenvalue weighted by Gasteiger charge is 2.52. The molecule has 0 heterocycles. The molecule has 4 atom stereocenters. The molecule has 0 radical (unpaired) electrons.